The van der Waals surface area contributed by atoms with E-state index in [2.05, 4.69) is 20.9 Å². The van der Waals surface area contributed by atoms with Crippen LogP contribution in [0.5, 0.6) is 0 Å². The molecule has 1 aromatic heterocycles. The van der Waals surface area contributed by atoms with Crippen molar-refractivity contribution in [3.63, 3.8) is 0 Å². The number of carbonyl (C=O) groups excluding carboxylic acids is 5. The van der Waals surface area contributed by atoms with Crippen LogP contribution in [0.3, 0.4) is 0 Å². The highest BCUT2D eigenvalue weighted by Crippen LogP contribution is 2.28. The van der Waals surface area contributed by atoms with Crippen molar-refractivity contribution in [2.24, 2.45) is 11.1 Å². The lowest BCUT2D eigenvalue weighted by Gasteiger charge is -2.35. The first kappa shape index (κ1) is 53.6. The summed E-state index contributed by atoms with van der Waals surface area (Å²) in [4.78, 5) is 70.8. The van der Waals surface area contributed by atoms with E-state index in [1.165, 1.54) is 4.90 Å². The van der Waals surface area contributed by atoms with E-state index in [1.807, 2.05) is 88.7 Å². The molecule has 17 nitrogen and oxygen atoms in total. The van der Waals surface area contributed by atoms with Crippen molar-refractivity contribution in [1.82, 2.24) is 25.8 Å². The van der Waals surface area contributed by atoms with Crippen molar-refractivity contribution >= 4 is 41.1 Å². The fourth-order valence-corrected chi connectivity index (χ4v) is 7.92. The molecular formula is C48H70N6O11S. The summed E-state index contributed by atoms with van der Waals surface area (Å²) in [5.74, 6) is -1.78. The van der Waals surface area contributed by atoms with Gasteiger partial charge in [-0.15, -0.1) is 11.3 Å². The highest BCUT2D eigenvalue weighted by Gasteiger charge is 2.44. The summed E-state index contributed by atoms with van der Waals surface area (Å²) in [5.41, 5.74) is 10.7. The third-order valence-corrected chi connectivity index (χ3v) is 11.7. The molecule has 3 aromatic rings. The summed E-state index contributed by atoms with van der Waals surface area (Å²) < 4.78 is 28.3. The van der Waals surface area contributed by atoms with Gasteiger partial charge in [0.2, 0.25) is 23.6 Å². The highest BCUT2D eigenvalue weighted by atomic mass is 32.1. The van der Waals surface area contributed by atoms with E-state index in [1.54, 1.807) is 32.1 Å². The van der Waals surface area contributed by atoms with Crippen LogP contribution in [0, 0.1) is 12.3 Å². The van der Waals surface area contributed by atoms with Crippen molar-refractivity contribution in [3.05, 3.63) is 76.4 Å². The van der Waals surface area contributed by atoms with Gasteiger partial charge >= 0.3 is 6.09 Å². The van der Waals surface area contributed by atoms with Gasteiger partial charge in [0.1, 0.15) is 24.3 Å². The number of aliphatic hydroxyl groups is 1. The SMILES string of the molecule is Cc1ncsc1-c1ccc(CNC(=O)[C@@H]2C[C@@H](O)CN2C(=O)[C@@H](NC(=O)COCCOCCOCCc2ccc(CO[C@H](C)[C@H](CCC(N)=O)NC(=O)OC(C)(C)C)cc2)C(C)(C)C)cc1. The summed E-state index contributed by atoms with van der Waals surface area (Å²) in [5, 5.41) is 19.0. The van der Waals surface area contributed by atoms with Crippen LogP contribution in [0.2, 0.25) is 0 Å². The third-order valence-electron chi connectivity index (χ3n) is 10.7. The zero-order valence-corrected chi connectivity index (χ0v) is 40.5. The van der Waals surface area contributed by atoms with Crippen molar-refractivity contribution in [2.45, 2.75) is 130 Å². The molecule has 0 spiro atoms. The quantitative estimate of drug-likeness (QED) is 0.0736. The first-order valence-corrected chi connectivity index (χ1v) is 23.3. The number of nitrogens with two attached hydrogens (primary N) is 1. The van der Waals surface area contributed by atoms with Gasteiger partial charge in [-0.25, -0.2) is 9.78 Å². The topological polar surface area (TPSA) is 230 Å². The van der Waals surface area contributed by atoms with Gasteiger partial charge in [0, 0.05) is 25.9 Å². The fourth-order valence-electron chi connectivity index (χ4n) is 7.10. The third kappa shape index (κ3) is 18.4. The molecule has 0 unspecified atom stereocenters. The number of likely N-dealkylation sites (tertiary alicyclic amines) is 1. The Balaban J connectivity index is 1.10. The van der Waals surface area contributed by atoms with Gasteiger partial charge in [-0.2, -0.15) is 0 Å². The maximum atomic E-state index is 13.9. The Hall–Kier alpha value is -4.98. The largest absolute Gasteiger partial charge is 0.444 e. The van der Waals surface area contributed by atoms with Gasteiger partial charge in [0.25, 0.3) is 0 Å². The summed E-state index contributed by atoms with van der Waals surface area (Å²) in [6.45, 7) is 16.4. The van der Waals surface area contributed by atoms with Gasteiger partial charge in [-0.1, -0.05) is 69.3 Å². The van der Waals surface area contributed by atoms with Crippen LogP contribution in [0.25, 0.3) is 10.4 Å². The molecular weight excluding hydrogens is 869 g/mol. The van der Waals surface area contributed by atoms with E-state index in [4.69, 9.17) is 29.4 Å². The van der Waals surface area contributed by atoms with Gasteiger partial charge in [-0.3, -0.25) is 19.2 Å². The number of primary amides is 1. The van der Waals surface area contributed by atoms with Gasteiger partial charge in [0.05, 0.1) is 74.0 Å². The Morgan fingerprint density at radius 2 is 1.50 bits per heavy atom. The number of rotatable bonds is 25. The number of nitrogens with zero attached hydrogens (tertiary/aromatic N) is 2. The molecule has 6 N–H and O–H groups in total. The number of carbonyl (C=O) groups is 5. The first-order valence-electron chi connectivity index (χ1n) is 22.5. The molecule has 0 saturated carbocycles. The number of hydrogen-bond donors (Lipinski definition) is 5. The Morgan fingerprint density at radius 1 is 0.879 bits per heavy atom. The number of amides is 5. The van der Waals surface area contributed by atoms with Gasteiger partial charge in [-0.05, 0) is 75.1 Å². The number of ether oxygens (including phenoxy) is 5. The molecule has 0 aliphatic carbocycles. The van der Waals surface area contributed by atoms with E-state index in [9.17, 15) is 29.1 Å². The number of thiazole rings is 1. The van der Waals surface area contributed by atoms with E-state index < -0.39 is 65.2 Å². The number of aromatic nitrogens is 1. The average Bonchev–Trinajstić information content (AvgIpc) is 3.87. The van der Waals surface area contributed by atoms with E-state index in [-0.39, 0.29) is 51.7 Å². The van der Waals surface area contributed by atoms with Gasteiger partial charge in [0.15, 0.2) is 0 Å². The minimum absolute atomic E-state index is 0.0216. The summed E-state index contributed by atoms with van der Waals surface area (Å²) in [6.07, 6.45) is -0.661. The van der Waals surface area contributed by atoms with Crippen molar-refractivity contribution in [1.29, 1.82) is 0 Å². The summed E-state index contributed by atoms with van der Waals surface area (Å²) in [6, 6.07) is 13.5. The standard InChI is InChI=1S/C48H70N6O11S/c1-31-42(66-30-51-31)36-15-13-34(14-16-36)26-50-44(58)39-25-37(55)27-54(39)45(59)43(47(3,4)5)53-41(57)29-63-24-23-62-22-21-61-20-19-33-9-11-35(12-10-33)28-64-32(2)38(17-18-40(49)56)52-46(60)65-48(6,7)8/h9-16,30,32,37-39,43,55H,17-29H2,1-8H3,(H2,49,56)(H,50,58)(H,52,60)(H,53,57)/t32-,37-,38+,39+,43-/m1/s1. The minimum atomic E-state index is -0.970. The van der Waals surface area contributed by atoms with Crippen LogP contribution in [0.15, 0.2) is 54.0 Å². The summed E-state index contributed by atoms with van der Waals surface area (Å²) >= 11 is 1.57. The highest BCUT2D eigenvalue weighted by molar-refractivity contribution is 7.13. The fraction of sp³-hybridized carbons (Fsp3) is 0.583. The predicted octanol–water partition coefficient (Wildman–Crippen LogP) is 4.58. The smallest absolute Gasteiger partial charge is 0.407 e. The maximum Gasteiger partial charge on any atom is 0.407 e. The van der Waals surface area contributed by atoms with Crippen LogP contribution in [0.4, 0.5) is 4.79 Å². The first-order chi connectivity index (χ1) is 31.2. The molecule has 5 atom stereocenters. The van der Waals surface area contributed by atoms with Crippen molar-refractivity contribution < 1.29 is 52.8 Å². The minimum Gasteiger partial charge on any atom is -0.444 e. The van der Waals surface area contributed by atoms with E-state index >= 15 is 0 Å². The van der Waals surface area contributed by atoms with Crippen LogP contribution < -0.4 is 21.7 Å². The van der Waals surface area contributed by atoms with Crippen LogP contribution >= 0.6 is 11.3 Å². The van der Waals surface area contributed by atoms with Crippen LogP contribution in [0.1, 0.15) is 90.1 Å². The number of hydrogen-bond acceptors (Lipinski definition) is 13. The molecule has 5 amide bonds. The number of aryl methyl sites for hydroxylation is 1. The molecule has 2 heterocycles. The molecule has 1 fully saturated rings. The Kier molecular flexibility index (Phi) is 21.0. The molecule has 0 radical (unpaired) electrons. The second kappa shape index (κ2) is 25.8. The average molecular weight is 939 g/mol. The predicted molar refractivity (Wildman–Crippen MR) is 250 cm³/mol. The second-order valence-electron chi connectivity index (χ2n) is 18.6. The van der Waals surface area contributed by atoms with E-state index in [0.29, 0.717) is 39.3 Å². The normalized spacial score (nSPS) is 16.6. The molecule has 364 valence electrons. The molecule has 1 aliphatic rings. The lowest BCUT2D eigenvalue weighted by atomic mass is 9.85. The van der Waals surface area contributed by atoms with Crippen LogP contribution in [-0.2, 0) is 62.4 Å². The molecule has 2 aromatic carbocycles. The van der Waals surface area contributed by atoms with Crippen molar-refractivity contribution in [2.75, 3.05) is 46.2 Å². The number of β-amino-alcohol motifs (C(OH)–C–C–N with tert-alkyl or cyclic N) is 1. The lowest BCUT2D eigenvalue weighted by Crippen LogP contribution is -2.58. The number of aliphatic hydroxyl groups excluding tert-OH is 1. The lowest BCUT2D eigenvalue weighted by molar-refractivity contribution is -0.144. The molecule has 66 heavy (non-hydrogen) atoms. The van der Waals surface area contributed by atoms with Crippen LogP contribution in [-0.4, -0.2) is 127 Å². The molecule has 0 bridgehead atoms. The van der Waals surface area contributed by atoms with E-state index in [0.717, 1.165) is 32.8 Å². The number of alkyl carbamates (subject to hydrolysis) is 1. The Bertz CT molecular complexity index is 2020. The number of nitrogens with one attached hydrogen (secondary N) is 3. The molecule has 1 aliphatic heterocycles. The molecule has 18 heteroatoms. The zero-order valence-electron chi connectivity index (χ0n) is 39.7. The monoisotopic (exact) mass is 938 g/mol. The number of benzene rings is 2. The maximum absolute atomic E-state index is 13.9. The molecule has 1 saturated heterocycles. The summed E-state index contributed by atoms with van der Waals surface area (Å²) in [7, 11) is 0. The zero-order chi connectivity index (χ0) is 48.4. The van der Waals surface area contributed by atoms with Crippen molar-refractivity contribution in [3.8, 4) is 10.4 Å². The van der Waals surface area contributed by atoms with Gasteiger partial charge < -0.3 is 55.4 Å². The second-order valence-corrected chi connectivity index (χ2v) is 19.4. The molecule has 4 rings (SSSR count). The Morgan fingerprint density at radius 3 is 2.11 bits per heavy atom. The Labute approximate surface area is 392 Å².